The highest BCUT2D eigenvalue weighted by atomic mass is 32.2. The normalized spacial score (nSPS) is 14.3. The minimum Gasteiger partial charge on any atom is -0.497 e. The molecule has 4 nitrogen and oxygen atoms in total. The molecule has 1 N–H and O–H groups in total. The molecule has 0 aliphatic carbocycles. The number of benzene rings is 1. The van der Waals surface area contributed by atoms with E-state index in [-0.39, 0.29) is 11.5 Å². The first kappa shape index (κ1) is 15.0. The second kappa shape index (κ2) is 5.28. The molecule has 1 atom stereocenters. The van der Waals surface area contributed by atoms with Crippen molar-refractivity contribution in [1.82, 2.24) is 4.72 Å². The van der Waals surface area contributed by atoms with Gasteiger partial charge in [0.1, 0.15) is 5.75 Å². The van der Waals surface area contributed by atoms with Gasteiger partial charge in [-0.25, -0.2) is 13.1 Å². The van der Waals surface area contributed by atoms with E-state index in [0.29, 0.717) is 0 Å². The molecule has 0 aliphatic heterocycles. The molecule has 0 radical (unpaired) electrons. The second-order valence-electron chi connectivity index (χ2n) is 5.47. The van der Waals surface area contributed by atoms with E-state index >= 15 is 0 Å². The third kappa shape index (κ3) is 4.31. The predicted molar refractivity (Wildman–Crippen MR) is 73.2 cm³/mol. The lowest BCUT2D eigenvalue weighted by Gasteiger charge is -2.31. The van der Waals surface area contributed by atoms with Crippen LogP contribution >= 0.6 is 0 Å². The van der Waals surface area contributed by atoms with Gasteiger partial charge in [0.15, 0.2) is 0 Å². The highest BCUT2D eigenvalue weighted by Crippen LogP contribution is 2.34. The van der Waals surface area contributed by atoms with Gasteiger partial charge in [-0.15, -0.1) is 0 Å². The summed E-state index contributed by atoms with van der Waals surface area (Å²) in [6.07, 6.45) is 1.17. The van der Waals surface area contributed by atoms with Crippen molar-refractivity contribution in [1.29, 1.82) is 0 Å². The fourth-order valence-electron chi connectivity index (χ4n) is 1.78. The molecule has 0 saturated carbocycles. The lowest BCUT2D eigenvalue weighted by molar-refractivity contribution is 0.303. The Bertz CT molecular complexity index is 503. The van der Waals surface area contributed by atoms with Crippen molar-refractivity contribution in [2.45, 2.75) is 26.8 Å². The molecule has 18 heavy (non-hydrogen) atoms. The highest BCUT2D eigenvalue weighted by Gasteiger charge is 2.29. The third-order valence-corrected chi connectivity index (χ3v) is 3.29. The van der Waals surface area contributed by atoms with Crippen LogP contribution in [-0.2, 0) is 10.0 Å². The molecule has 1 rings (SSSR count). The summed E-state index contributed by atoms with van der Waals surface area (Å²) >= 11 is 0. The summed E-state index contributed by atoms with van der Waals surface area (Å²) in [5.41, 5.74) is 0.669. The number of rotatable bonds is 4. The van der Waals surface area contributed by atoms with Crippen LogP contribution in [0.2, 0.25) is 0 Å². The lowest BCUT2D eigenvalue weighted by Crippen LogP contribution is -2.35. The number of hydrogen-bond acceptors (Lipinski definition) is 3. The first-order valence-electron chi connectivity index (χ1n) is 5.75. The Balaban J connectivity index is 3.18. The molecule has 0 aromatic heterocycles. The molecular formula is C13H21NO3S. The molecule has 0 amide bonds. The topological polar surface area (TPSA) is 55.4 Å². The van der Waals surface area contributed by atoms with Crippen molar-refractivity contribution in [3.05, 3.63) is 29.8 Å². The van der Waals surface area contributed by atoms with Gasteiger partial charge >= 0.3 is 0 Å². The lowest BCUT2D eigenvalue weighted by atomic mass is 9.83. The van der Waals surface area contributed by atoms with Gasteiger partial charge in [-0.1, -0.05) is 32.9 Å². The monoisotopic (exact) mass is 271 g/mol. The quantitative estimate of drug-likeness (QED) is 0.914. The SMILES string of the molecule is COc1cccc([C@@H](NS(C)(=O)=O)C(C)(C)C)c1. The first-order valence-corrected chi connectivity index (χ1v) is 7.64. The van der Waals surface area contributed by atoms with Crippen LogP contribution in [0.1, 0.15) is 32.4 Å². The Morgan fingerprint density at radius 2 is 1.89 bits per heavy atom. The Hall–Kier alpha value is -1.07. The zero-order chi connectivity index (χ0) is 14.0. The largest absolute Gasteiger partial charge is 0.497 e. The van der Waals surface area contributed by atoms with Crippen LogP contribution in [0.15, 0.2) is 24.3 Å². The minimum atomic E-state index is -3.27. The van der Waals surface area contributed by atoms with Gasteiger partial charge in [-0.2, -0.15) is 0 Å². The molecule has 0 spiro atoms. The second-order valence-corrected chi connectivity index (χ2v) is 7.25. The molecule has 0 saturated heterocycles. The van der Waals surface area contributed by atoms with Gasteiger partial charge < -0.3 is 4.74 Å². The van der Waals surface area contributed by atoms with Crippen molar-refractivity contribution in [3.63, 3.8) is 0 Å². The van der Waals surface area contributed by atoms with Gasteiger partial charge in [0.25, 0.3) is 0 Å². The van der Waals surface area contributed by atoms with Crippen LogP contribution in [-0.4, -0.2) is 21.8 Å². The van der Waals surface area contributed by atoms with E-state index in [1.807, 2.05) is 45.0 Å². The Morgan fingerprint density at radius 3 is 2.33 bits per heavy atom. The van der Waals surface area contributed by atoms with E-state index in [4.69, 9.17) is 4.74 Å². The van der Waals surface area contributed by atoms with Gasteiger partial charge in [0.05, 0.1) is 19.4 Å². The molecule has 1 aromatic rings. The fraction of sp³-hybridized carbons (Fsp3) is 0.538. The van der Waals surface area contributed by atoms with Crippen LogP contribution in [0, 0.1) is 5.41 Å². The molecule has 0 aliphatic rings. The summed E-state index contributed by atoms with van der Waals surface area (Å²) in [4.78, 5) is 0. The highest BCUT2D eigenvalue weighted by molar-refractivity contribution is 7.88. The predicted octanol–water partition coefficient (Wildman–Crippen LogP) is 2.33. The van der Waals surface area contributed by atoms with Gasteiger partial charge in [-0.05, 0) is 23.1 Å². The molecule has 0 fully saturated rings. The Labute approximate surface area is 109 Å². The summed E-state index contributed by atoms with van der Waals surface area (Å²) in [5, 5.41) is 0. The number of methoxy groups -OCH3 is 1. The summed E-state index contributed by atoms with van der Waals surface area (Å²) in [7, 11) is -1.67. The number of nitrogens with one attached hydrogen (secondary N) is 1. The number of ether oxygens (including phenoxy) is 1. The van der Waals surface area contributed by atoms with E-state index < -0.39 is 10.0 Å². The van der Waals surface area contributed by atoms with Crippen LogP contribution < -0.4 is 9.46 Å². The van der Waals surface area contributed by atoms with Crippen molar-refractivity contribution in [3.8, 4) is 5.75 Å². The van der Waals surface area contributed by atoms with E-state index in [1.165, 1.54) is 6.26 Å². The Kier molecular flexibility index (Phi) is 4.40. The van der Waals surface area contributed by atoms with E-state index in [9.17, 15) is 8.42 Å². The number of hydrogen-bond donors (Lipinski definition) is 1. The van der Waals surface area contributed by atoms with E-state index in [2.05, 4.69) is 4.72 Å². The van der Waals surface area contributed by atoms with E-state index in [0.717, 1.165) is 11.3 Å². The maximum Gasteiger partial charge on any atom is 0.209 e. The molecule has 0 unspecified atom stereocenters. The van der Waals surface area contributed by atoms with E-state index in [1.54, 1.807) is 7.11 Å². The fourth-order valence-corrected chi connectivity index (χ4v) is 2.70. The van der Waals surface area contributed by atoms with Crippen molar-refractivity contribution in [2.75, 3.05) is 13.4 Å². The van der Waals surface area contributed by atoms with Crippen LogP contribution in [0.25, 0.3) is 0 Å². The van der Waals surface area contributed by atoms with Crippen LogP contribution in [0.4, 0.5) is 0 Å². The smallest absolute Gasteiger partial charge is 0.209 e. The summed E-state index contributed by atoms with van der Waals surface area (Å²) < 4.78 is 30.8. The Morgan fingerprint density at radius 1 is 1.28 bits per heavy atom. The van der Waals surface area contributed by atoms with Crippen molar-refractivity contribution in [2.24, 2.45) is 5.41 Å². The summed E-state index contributed by atoms with van der Waals surface area (Å²) in [6.45, 7) is 5.99. The molecule has 102 valence electrons. The number of sulfonamides is 1. The van der Waals surface area contributed by atoms with Gasteiger partial charge in [-0.3, -0.25) is 0 Å². The third-order valence-electron chi connectivity index (χ3n) is 2.63. The van der Waals surface area contributed by atoms with Gasteiger partial charge in [0.2, 0.25) is 10.0 Å². The maximum atomic E-state index is 11.5. The molecule has 0 bridgehead atoms. The zero-order valence-electron chi connectivity index (χ0n) is 11.5. The maximum absolute atomic E-state index is 11.5. The van der Waals surface area contributed by atoms with Crippen molar-refractivity contribution < 1.29 is 13.2 Å². The average molecular weight is 271 g/mol. The minimum absolute atomic E-state index is 0.227. The summed E-state index contributed by atoms with van der Waals surface area (Å²) in [5.74, 6) is 0.719. The molecular weight excluding hydrogens is 250 g/mol. The first-order chi connectivity index (χ1) is 8.13. The molecule has 1 aromatic carbocycles. The average Bonchev–Trinajstić information content (AvgIpc) is 2.23. The zero-order valence-corrected chi connectivity index (χ0v) is 12.3. The standard InChI is InChI=1S/C13H21NO3S/c1-13(2,3)12(14-18(5,15)16)10-7-6-8-11(9-10)17-4/h6-9,12,14H,1-5H3/t12-/m1/s1. The van der Waals surface area contributed by atoms with Crippen LogP contribution in [0.5, 0.6) is 5.75 Å². The van der Waals surface area contributed by atoms with Gasteiger partial charge in [0, 0.05) is 0 Å². The van der Waals surface area contributed by atoms with Crippen molar-refractivity contribution >= 4 is 10.0 Å². The summed E-state index contributed by atoms with van der Waals surface area (Å²) in [6, 6.07) is 7.16. The molecule has 0 heterocycles. The van der Waals surface area contributed by atoms with Crippen LogP contribution in [0.3, 0.4) is 0 Å². The molecule has 5 heteroatoms.